The molecular formula is C12H12Cl2N2O3. The van der Waals surface area contributed by atoms with Gasteiger partial charge in [-0.15, -0.1) is 0 Å². The average Bonchev–Trinajstić information content (AvgIpc) is 2.30. The van der Waals surface area contributed by atoms with Crippen LogP contribution in [0, 0.1) is 11.8 Å². The third-order valence-corrected chi connectivity index (χ3v) is 4.02. The van der Waals surface area contributed by atoms with Gasteiger partial charge in [0.05, 0.1) is 16.5 Å². The predicted molar refractivity (Wildman–Crippen MR) is 70.5 cm³/mol. The van der Waals surface area contributed by atoms with Crippen LogP contribution in [-0.4, -0.2) is 40.0 Å². The first kappa shape index (κ1) is 14.1. The Kier molecular flexibility index (Phi) is 3.96. The summed E-state index contributed by atoms with van der Waals surface area (Å²) in [6, 6.07) is 1.47. The van der Waals surface area contributed by atoms with Crippen molar-refractivity contribution in [2.45, 2.75) is 6.92 Å². The Morgan fingerprint density at radius 3 is 2.63 bits per heavy atom. The van der Waals surface area contributed by atoms with Gasteiger partial charge in [0.25, 0.3) is 5.91 Å². The van der Waals surface area contributed by atoms with Crippen LogP contribution in [0.15, 0.2) is 12.3 Å². The van der Waals surface area contributed by atoms with E-state index < -0.39 is 11.9 Å². The van der Waals surface area contributed by atoms with Crippen LogP contribution in [0.25, 0.3) is 0 Å². The number of halogens is 2. The van der Waals surface area contributed by atoms with Crippen LogP contribution in [0.2, 0.25) is 10.2 Å². The maximum Gasteiger partial charge on any atom is 0.306 e. The number of carbonyl (C=O) groups excluding carboxylic acids is 1. The molecule has 19 heavy (non-hydrogen) atoms. The first-order valence-electron chi connectivity index (χ1n) is 5.73. The Morgan fingerprint density at radius 2 is 2.11 bits per heavy atom. The molecule has 5 nitrogen and oxygen atoms in total. The van der Waals surface area contributed by atoms with Crippen LogP contribution >= 0.6 is 23.2 Å². The van der Waals surface area contributed by atoms with Gasteiger partial charge in [-0.25, -0.2) is 4.98 Å². The molecule has 0 aliphatic carbocycles. The van der Waals surface area contributed by atoms with Crippen molar-refractivity contribution in [1.82, 2.24) is 9.88 Å². The van der Waals surface area contributed by atoms with Crippen molar-refractivity contribution in [3.8, 4) is 0 Å². The van der Waals surface area contributed by atoms with E-state index in [2.05, 4.69) is 4.98 Å². The van der Waals surface area contributed by atoms with E-state index in [-0.39, 0.29) is 22.0 Å². The molecule has 1 aromatic rings. The van der Waals surface area contributed by atoms with Crippen molar-refractivity contribution >= 4 is 35.1 Å². The van der Waals surface area contributed by atoms with Crippen molar-refractivity contribution in [3.05, 3.63) is 28.0 Å². The van der Waals surface area contributed by atoms with Crippen LogP contribution < -0.4 is 0 Å². The lowest BCUT2D eigenvalue weighted by atomic mass is 9.87. The van der Waals surface area contributed by atoms with E-state index >= 15 is 0 Å². The lowest BCUT2D eigenvalue weighted by Gasteiger charge is -2.41. The second kappa shape index (κ2) is 5.35. The van der Waals surface area contributed by atoms with Crippen molar-refractivity contribution in [2.24, 2.45) is 11.8 Å². The van der Waals surface area contributed by atoms with Gasteiger partial charge in [-0.1, -0.05) is 30.1 Å². The van der Waals surface area contributed by atoms with E-state index in [1.54, 1.807) is 11.8 Å². The molecule has 0 spiro atoms. The van der Waals surface area contributed by atoms with Crippen LogP contribution in [0.1, 0.15) is 17.3 Å². The van der Waals surface area contributed by atoms with Gasteiger partial charge in [-0.2, -0.15) is 0 Å². The first-order valence-corrected chi connectivity index (χ1v) is 6.49. The van der Waals surface area contributed by atoms with Gasteiger partial charge in [0.2, 0.25) is 0 Å². The predicted octanol–water partition coefficient (Wildman–Crippen LogP) is 2.18. The van der Waals surface area contributed by atoms with Gasteiger partial charge >= 0.3 is 5.97 Å². The van der Waals surface area contributed by atoms with E-state index in [9.17, 15) is 9.59 Å². The normalized spacial score (nSPS) is 16.9. The summed E-state index contributed by atoms with van der Waals surface area (Å²) in [5.74, 6) is -1.50. The molecule has 0 bridgehead atoms. The number of aromatic nitrogens is 1. The zero-order valence-electron chi connectivity index (χ0n) is 10.1. The molecular weight excluding hydrogens is 291 g/mol. The molecule has 0 saturated carbocycles. The highest BCUT2D eigenvalue weighted by molar-refractivity contribution is 6.41. The Balaban J connectivity index is 2.00. The van der Waals surface area contributed by atoms with Crippen LogP contribution in [0.3, 0.4) is 0 Å². The topological polar surface area (TPSA) is 70.5 Å². The SMILES string of the molecule is CC(C(=O)O)C1CN(C(=O)c2cnc(Cl)c(Cl)c2)C1. The second-order valence-electron chi connectivity index (χ2n) is 4.59. The number of rotatable bonds is 3. The summed E-state index contributed by atoms with van der Waals surface area (Å²) in [4.78, 5) is 28.3. The second-order valence-corrected chi connectivity index (χ2v) is 5.36. The minimum atomic E-state index is -0.840. The molecule has 2 rings (SSSR count). The third kappa shape index (κ3) is 2.82. The molecule has 1 aromatic heterocycles. The Hall–Kier alpha value is -1.33. The number of pyridine rings is 1. The molecule has 1 N–H and O–H groups in total. The monoisotopic (exact) mass is 302 g/mol. The molecule has 1 unspecified atom stereocenters. The lowest BCUT2D eigenvalue weighted by molar-refractivity contribution is -0.144. The zero-order valence-corrected chi connectivity index (χ0v) is 11.6. The highest BCUT2D eigenvalue weighted by Gasteiger charge is 2.37. The summed E-state index contributed by atoms with van der Waals surface area (Å²) < 4.78 is 0. The van der Waals surface area contributed by atoms with Crippen molar-refractivity contribution < 1.29 is 14.7 Å². The Morgan fingerprint density at radius 1 is 1.47 bits per heavy atom. The molecule has 0 radical (unpaired) electrons. The van der Waals surface area contributed by atoms with E-state index in [1.807, 2.05) is 0 Å². The highest BCUT2D eigenvalue weighted by atomic mass is 35.5. The Bertz CT molecular complexity index is 530. The number of likely N-dealkylation sites (tertiary alicyclic amines) is 1. The average molecular weight is 303 g/mol. The first-order chi connectivity index (χ1) is 8.90. The van der Waals surface area contributed by atoms with Crippen LogP contribution in [0.5, 0.6) is 0 Å². The molecule has 1 saturated heterocycles. The Labute approximate surface area is 120 Å². The fourth-order valence-electron chi connectivity index (χ4n) is 1.92. The minimum absolute atomic E-state index is 0.00261. The number of hydrogen-bond acceptors (Lipinski definition) is 3. The smallest absolute Gasteiger partial charge is 0.306 e. The molecule has 0 aromatic carbocycles. The number of aliphatic carboxylic acids is 1. The van der Waals surface area contributed by atoms with Crippen molar-refractivity contribution in [2.75, 3.05) is 13.1 Å². The van der Waals surface area contributed by atoms with Gasteiger partial charge in [-0.05, 0) is 6.07 Å². The summed E-state index contributed by atoms with van der Waals surface area (Å²) >= 11 is 11.5. The maximum atomic E-state index is 12.1. The highest BCUT2D eigenvalue weighted by Crippen LogP contribution is 2.27. The van der Waals surface area contributed by atoms with Crippen molar-refractivity contribution in [1.29, 1.82) is 0 Å². The van der Waals surface area contributed by atoms with Crippen LogP contribution in [-0.2, 0) is 4.79 Å². The number of nitrogens with zero attached hydrogens (tertiary/aromatic N) is 2. The van der Waals surface area contributed by atoms with Gasteiger partial charge in [0.15, 0.2) is 0 Å². The van der Waals surface area contributed by atoms with Gasteiger partial charge in [0, 0.05) is 25.2 Å². The van der Waals surface area contributed by atoms with Crippen molar-refractivity contribution in [3.63, 3.8) is 0 Å². The summed E-state index contributed by atoms with van der Waals surface area (Å²) in [6.07, 6.45) is 1.37. The minimum Gasteiger partial charge on any atom is -0.481 e. The molecule has 1 fully saturated rings. The standard InChI is InChI=1S/C12H12Cl2N2O3/c1-6(12(18)19)8-4-16(5-8)11(17)7-2-9(13)10(14)15-3-7/h2-3,6,8H,4-5H2,1H3,(H,18,19). The molecule has 1 aliphatic heterocycles. The van der Waals surface area contributed by atoms with E-state index in [1.165, 1.54) is 12.3 Å². The fraction of sp³-hybridized carbons (Fsp3) is 0.417. The molecule has 2 heterocycles. The summed E-state index contributed by atoms with van der Waals surface area (Å²) in [7, 11) is 0. The zero-order chi connectivity index (χ0) is 14.2. The number of carboxylic acids is 1. The maximum absolute atomic E-state index is 12.1. The fourth-order valence-corrected chi connectivity index (χ4v) is 2.19. The molecule has 1 amide bonds. The summed E-state index contributed by atoms with van der Waals surface area (Å²) in [5, 5.41) is 9.26. The van der Waals surface area contributed by atoms with Gasteiger partial charge < -0.3 is 10.0 Å². The third-order valence-electron chi connectivity index (χ3n) is 3.34. The summed E-state index contributed by atoms with van der Waals surface area (Å²) in [5.41, 5.74) is 0.357. The van der Waals surface area contributed by atoms with Gasteiger partial charge in [0.1, 0.15) is 5.15 Å². The molecule has 1 aliphatic rings. The van der Waals surface area contributed by atoms with Crippen LogP contribution in [0.4, 0.5) is 0 Å². The van der Waals surface area contributed by atoms with E-state index in [4.69, 9.17) is 28.3 Å². The molecule has 1 atom stereocenters. The number of carbonyl (C=O) groups is 2. The number of carboxylic acid groups (broad SMARTS) is 1. The van der Waals surface area contributed by atoms with Gasteiger partial charge in [-0.3, -0.25) is 9.59 Å². The largest absolute Gasteiger partial charge is 0.481 e. The number of hydrogen-bond donors (Lipinski definition) is 1. The quantitative estimate of drug-likeness (QED) is 0.869. The molecule has 7 heteroatoms. The summed E-state index contributed by atoms with van der Waals surface area (Å²) in [6.45, 7) is 2.52. The molecule has 102 valence electrons. The van der Waals surface area contributed by atoms with E-state index in [0.29, 0.717) is 18.7 Å². The van der Waals surface area contributed by atoms with E-state index in [0.717, 1.165) is 0 Å². The number of amides is 1. The lowest BCUT2D eigenvalue weighted by Crippen LogP contribution is -2.53.